The molecule has 1 saturated carbocycles. The lowest BCUT2D eigenvalue weighted by atomic mass is 9.91. The summed E-state index contributed by atoms with van der Waals surface area (Å²) in [6.07, 6.45) is 7.02. The van der Waals surface area contributed by atoms with Crippen LogP contribution in [0.5, 0.6) is 0 Å². The average molecular weight is 133 g/mol. The lowest BCUT2D eigenvalue weighted by Crippen LogP contribution is -2.06. The van der Waals surface area contributed by atoms with Crippen molar-refractivity contribution >= 4 is 11.6 Å². The summed E-state index contributed by atoms with van der Waals surface area (Å²) in [6, 6.07) is 0. The second-order valence-corrected chi connectivity index (χ2v) is 2.97. The first-order valence-corrected chi connectivity index (χ1v) is 4.03. The maximum absolute atomic E-state index is 5.68. The lowest BCUT2D eigenvalue weighted by Gasteiger charge is -2.17. The van der Waals surface area contributed by atoms with Gasteiger partial charge in [0.15, 0.2) is 0 Å². The molecule has 0 aromatic heterocycles. The van der Waals surface area contributed by atoms with E-state index in [0.29, 0.717) is 0 Å². The van der Waals surface area contributed by atoms with Gasteiger partial charge in [0.2, 0.25) is 0 Å². The number of hydrogen-bond donors (Lipinski definition) is 0. The zero-order valence-corrected chi connectivity index (χ0v) is 5.95. The highest BCUT2D eigenvalue weighted by atomic mass is 35.5. The Bertz CT molecular complexity index is 55.4. The van der Waals surface area contributed by atoms with Gasteiger partial charge in [0.25, 0.3) is 0 Å². The Morgan fingerprint density at radius 2 is 1.75 bits per heavy atom. The fraction of sp³-hybridized carbons (Fsp3) is 1.00. The van der Waals surface area contributed by atoms with Crippen LogP contribution in [0.25, 0.3) is 0 Å². The molecule has 8 heavy (non-hydrogen) atoms. The van der Waals surface area contributed by atoms with E-state index in [-0.39, 0.29) is 0 Å². The van der Waals surface area contributed by atoms with E-state index in [2.05, 4.69) is 0 Å². The highest BCUT2D eigenvalue weighted by Crippen LogP contribution is 2.23. The molecule has 0 bridgehead atoms. The van der Waals surface area contributed by atoms with E-state index in [0.717, 1.165) is 11.8 Å². The molecule has 0 N–H and O–H groups in total. The summed E-state index contributed by atoms with van der Waals surface area (Å²) in [4.78, 5) is 0. The third-order valence-electron chi connectivity index (χ3n) is 1.94. The maximum atomic E-state index is 5.68. The second-order valence-electron chi connectivity index (χ2n) is 2.66. The van der Waals surface area contributed by atoms with Crippen molar-refractivity contribution in [2.24, 2.45) is 5.92 Å². The zero-order chi connectivity index (χ0) is 5.82. The Morgan fingerprint density at radius 3 is 2.12 bits per heavy atom. The van der Waals surface area contributed by atoms with Gasteiger partial charge >= 0.3 is 0 Å². The van der Waals surface area contributed by atoms with E-state index in [4.69, 9.17) is 11.6 Å². The highest BCUT2D eigenvalue weighted by molar-refractivity contribution is 6.18. The largest absolute Gasteiger partial charge is 0.126 e. The van der Waals surface area contributed by atoms with Crippen LogP contribution >= 0.6 is 11.6 Å². The summed E-state index contributed by atoms with van der Waals surface area (Å²) in [5.74, 6) is 1.74. The predicted octanol–water partition coefficient (Wildman–Crippen LogP) is 2.81. The summed E-state index contributed by atoms with van der Waals surface area (Å²) < 4.78 is 0. The van der Waals surface area contributed by atoms with Crippen LogP contribution in [0.4, 0.5) is 0 Å². The van der Waals surface area contributed by atoms with Gasteiger partial charge in [-0.3, -0.25) is 0 Å². The van der Waals surface area contributed by atoms with E-state index in [1.165, 1.54) is 32.1 Å². The first kappa shape index (κ1) is 6.41. The van der Waals surface area contributed by atoms with Crippen LogP contribution in [0.15, 0.2) is 0 Å². The Labute approximate surface area is 56.2 Å². The molecule has 0 nitrogen and oxygen atoms in total. The number of hydrogen-bond acceptors (Lipinski definition) is 0. The normalized spacial score (nSPS) is 23.6. The van der Waals surface area contributed by atoms with Crippen molar-refractivity contribution in [2.45, 2.75) is 32.1 Å². The topological polar surface area (TPSA) is 0 Å². The van der Waals surface area contributed by atoms with Gasteiger partial charge < -0.3 is 0 Å². The van der Waals surface area contributed by atoms with Crippen LogP contribution in [0, 0.1) is 5.92 Å². The van der Waals surface area contributed by atoms with Crippen molar-refractivity contribution in [1.29, 1.82) is 0 Å². The molecule has 1 aliphatic rings. The van der Waals surface area contributed by atoms with Gasteiger partial charge in [0.1, 0.15) is 0 Å². The molecule has 1 heteroatoms. The number of halogens is 1. The van der Waals surface area contributed by atoms with Gasteiger partial charge in [-0.15, -0.1) is 11.6 Å². The van der Waals surface area contributed by atoms with Gasteiger partial charge in [-0.05, 0) is 18.8 Å². The quantitative estimate of drug-likeness (QED) is 0.482. The third kappa shape index (κ3) is 1.66. The summed E-state index contributed by atoms with van der Waals surface area (Å²) in [5.41, 5.74) is 0. The van der Waals surface area contributed by atoms with Gasteiger partial charge in [0.05, 0.1) is 0 Å². The van der Waals surface area contributed by atoms with Crippen molar-refractivity contribution in [3.8, 4) is 0 Å². The van der Waals surface area contributed by atoms with Crippen LogP contribution in [0.1, 0.15) is 32.1 Å². The van der Waals surface area contributed by atoms with Gasteiger partial charge in [-0.25, -0.2) is 0 Å². The summed E-state index contributed by atoms with van der Waals surface area (Å²) >= 11 is 5.68. The Kier molecular flexibility index (Phi) is 2.68. The lowest BCUT2D eigenvalue weighted by molar-refractivity contribution is 0.389. The Balaban J connectivity index is 2.13. The molecule has 0 atom stereocenters. The first-order valence-electron chi connectivity index (χ1n) is 3.49. The van der Waals surface area contributed by atoms with Gasteiger partial charge in [0, 0.05) is 5.88 Å². The molecule has 0 aromatic rings. The second kappa shape index (κ2) is 3.34. The molecule has 0 amide bonds. The minimum Gasteiger partial charge on any atom is -0.126 e. The van der Waals surface area contributed by atoms with Crippen LogP contribution < -0.4 is 0 Å². The minimum absolute atomic E-state index is 0.852. The SMILES string of the molecule is ClCC1CCCCC1. The maximum Gasteiger partial charge on any atom is 0.0251 e. The summed E-state index contributed by atoms with van der Waals surface area (Å²) in [5, 5.41) is 0. The Morgan fingerprint density at radius 1 is 1.12 bits per heavy atom. The standard InChI is InChI=1S/C7H13Cl/c8-6-7-4-2-1-3-5-7/h7H,1-6H2. The molecular formula is C7H13Cl. The van der Waals surface area contributed by atoms with Crippen LogP contribution in [-0.2, 0) is 0 Å². The molecular weight excluding hydrogens is 120 g/mol. The summed E-state index contributed by atoms with van der Waals surface area (Å²) in [7, 11) is 0. The monoisotopic (exact) mass is 132 g/mol. The van der Waals surface area contributed by atoms with Gasteiger partial charge in [-0.2, -0.15) is 0 Å². The van der Waals surface area contributed by atoms with Crippen LogP contribution in [0.2, 0.25) is 0 Å². The molecule has 1 fully saturated rings. The molecule has 0 aromatic carbocycles. The number of alkyl halides is 1. The van der Waals surface area contributed by atoms with Crippen molar-refractivity contribution in [3.63, 3.8) is 0 Å². The highest BCUT2D eigenvalue weighted by Gasteiger charge is 2.10. The van der Waals surface area contributed by atoms with Crippen molar-refractivity contribution in [2.75, 3.05) is 5.88 Å². The van der Waals surface area contributed by atoms with E-state index in [1.807, 2.05) is 0 Å². The van der Waals surface area contributed by atoms with Gasteiger partial charge in [-0.1, -0.05) is 19.3 Å². The van der Waals surface area contributed by atoms with Crippen LogP contribution in [-0.4, -0.2) is 5.88 Å². The fourth-order valence-corrected chi connectivity index (χ4v) is 1.65. The zero-order valence-electron chi connectivity index (χ0n) is 5.20. The fourth-order valence-electron chi connectivity index (χ4n) is 1.34. The molecule has 0 saturated heterocycles. The van der Waals surface area contributed by atoms with E-state index in [9.17, 15) is 0 Å². The molecule has 0 spiro atoms. The van der Waals surface area contributed by atoms with E-state index in [1.54, 1.807) is 0 Å². The van der Waals surface area contributed by atoms with E-state index >= 15 is 0 Å². The predicted molar refractivity (Wildman–Crippen MR) is 37.3 cm³/mol. The third-order valence-corrected chi connectivity index (χ3v) is 2.38. The molecule has 48 valence electrons. The molecule has 1 rings (SSSR count). The molecule has 1 aliphatic carbocycles. The van der Waals surface area contributed by atoms with Crippen molar-refractivity contribution in [1.82, 2.24) is 0 Å². The smallest absolute Gasteiger partial charge is 0.0251 e. The molecule has 0 radical (unpaired) electrons. The Hall–Kier alpha value is 0.290. The minimum atomic E-state index is 0.852. The van der Waals surface area contributed by atoms with Crippen molar-refractivity contribution in [3.05, 3.63) is 0 Å². The van der Waals surface area contributed by atoms with Crippen molar-refractivity contribution < 1.29 is 0 Å². The molecule has 0 unspecified atom stereocenters. The summed E-state index contributed by atoms with van der Waals surface area (Å²) in [6.45, 7) is 0. The average Bonchev–Trinajstić information content (AvgIpc) is 1.90. The van der Waals surface area contributed by atoms with Crippen LogP contribution in [0.3, 0.4) is 0 Å². The molecule has 0 heterocycles. The molecule has 0 aliphatic heterocycles. The van der Waals surface area contributed by atoms with E-state index < -0.39 is 0 Å². The first-order chi connectivity index (χ1) is 3.93. The number of rotatable bonds is 1.